The Hall–Kier alpha value is -1.92. The molecule has 2 heterocycles. The monoisotopic (exact) mass is 388 g/mol. The molecule has 2 fully saturated rings. The summed E-state index contributed by atoms with van der Waals surface area (Å²) in [5, 5.41) is 9.70. The van der Waals surface area contributed by atoms with Crippen LogP contribution in [-0.2, 0) is 14.9 Å². The molecule has 3 rings (SSSR count). The molecule has 6 heteroatoms. The zero-order valence-corrected chi connectivity index (χ0v) is 17.4. The van der Waals surface area contributed by atoms with Gasteiger partial charge in [0, 0.05) is 31.5 Å². The van der Waals surface area contributed by atoms with E-state index < -0.39 is 17.7 Å². The highest BCUT2D eigenvalue weighted by molar-refractivity contribution is 5.97. The van der Waals surface area contributed by atoms with E-state index in [-0.39, 0.29) is 17.9 Å². The number of ether oxygens (including phenoxy) is 1. The van der Waals surface area contributed by atoms with Crippen LogP contribution in [0, 0.1) is 0 Å². The maximum absolute atomic E-state index is 13.4. The van der Waals surface area contributed by atoms with Crippen LogP contribution >= 0.6 is 0 Å². The third kappa shape index (κ3) is 3.94. The van der Waals surface area contributed by atoms with Gasteiger partial charge in [0.05, 0.1) is 6.61 Å². The lowest BCUT2D eigenvalue weighted by Crippen LogP contribution is -2.58. The molecule has 2 aliphatic rings. The third-order valence-corrected chi connectivity index (χ3v) is 5.94. The zero-order chi connectivity index (χ0) is 20.5. The number of benzene rings is 1. The Morgan fingerprint density at radius 2 is 1.79 bits per heavy atom. The molecule has 0 aliphatic carbocycles. The van der Waals surface area contributed by atoms with Crippen LogP contribution in [0.5, 0.6) is 0 Å². The molecule has 1 amide bonds. The Morgan fingerprint density at radius 1 is 1.18 bits per heavy atom. The zero-order valence-electron chi connectivity index (χ0n) is 17.4. The molecule has 1 atom stereocenters. The number of likely N-dealkylation sites (tertiary alicyclic amines) is 1. The SMILES string of the molecule is CCCN1CCC2(CC1)OCC(C(=O)O)N2C(=O)c1ccc(C(C)(C)C)cc1. The fourth-order valence-electron chi connectivity index (χ4n) is 4.25. The van der Waals surface area contributed by atoms with Crippen molar-refractivity contribution in [3.05, 3.63) is 35.4 Å². The Labute approximate surface area is 167 Å². The van der Waals surface area contributed by atoms with Crippen LogP contribution in [0.4, 0.5) is 0 Å². The second-order valence-corrected chi connectivity index (χ2v) is 8.96. The summed E-state index contributed by atoms with van der Waals surface area (Å²) < 4.78 is 6.01. The number of carbonyl (C=O) groups excluding carboxylic acids is 1. The van der Waals surface area contributed by atoms with E-state index in [1.165, 1.54) is 4.90 Å². The molecule has 1 N–H and O–H groups in total. The quantitative estimate of drug-likeness (QED) is 0.858. The minimum atomic E-state index is -1.01. The number of carbonyl (C=O) groups is 2. The Balaban J connectivity index is 1.86. The first-order valence-corrected chi connectivity index (χ1v) is 10.2. The van der Waals surface area contributed by atoms with E-state index in [4.69, 9.17) is 4.74 Å². The summed E-state index contributed by atoms with van der Waals surface area (Å²) in [6.45, 7) is 11.2. The van der Waals surface area contributed by atoms with Crippen molar-refractivity contribution >= 4 is 11.9 Å². The largest absolute Gasteiger partial charge is 0.480 e. The number of piperidine rings is 1. The molecular formula is C22H32N2O4. The van der Waals surface area contributed by atoms with Crippen LogP contribution in [0.15, 0.2) is 24.3 Å². The van der Waals surface area contributed by atoms with Crippen molar-refractivity contribution in [2.45, 2.75) is 64.1 Å². The molecule has 154 valence electrons. The van der Waals surface area contributed by atoms with E-state index >= 15 is 0 Å². The van der Waals surface area contributed by atoms with Crippen LogP contribution in [0.2, 0.25) is 0 Å². The molecule has 2 aliphatic heterocycles. The molecule has 1 aromatic rings. The number of carboxylic acid groups (broad SMARTS) is 1. The predicted octanol–water partition coefficient (Wildman–Crippen LogP) is 3.11. The second kappa shape index (κ2) is 7.84. The molecule has 1 spiro atoms. The number of hydrogen-bond donors (Lipinski definition) is 1. The van der Waals surface area contributed by atoms with Crippen molar-refractivity contribution in [3.8, 4) is 0 Å². The minimum Gasteiger partial charge on any atom is -0.480 e. The van der Waals surface area contributed by atoms with Gasteiger partial charge in [0.2, 0.25) is 0 Å². The van der Waals surface area contributed by atoms with Gasteiger partial charge >= 0.3 is 5.97 Å². The van der Waals surface area contributed by atoms with Crippen molar-refractivity contribution in [3.63, 3.8) is 0 Å². The predicted molar refractivity (Wildman–Crippen MR) is 107 cm³/mol. The van der Waals surface area contributed by atoms with E-state index in [1.54, 1.807) is 12.1 Å². The first-order chi connectivity index (χ1) is 13.2. The average molecular weight is 389 g/mol. The third-order valence-electron chi connectivity index (χ3n) is 5.94. The van der Waals surface area contributed by atoms with Gasteiger partial charge in [-0.2, -0.15) is 0 Å². The summed E-state index contributed by atoms with van der Waals surface area (Å²) in [5.41, 5.74) is 0.835. The molecule has 0 bridgehead atoms. The summed E-state index contributed by atoms with van der Waals surface area (Å²) >= 11 is 0. The van der Waals surface area contributed by atoms with Crippen LogP contribution in [0.3, 0.4) is 0 Å². The van der Waals surface area contributed by atoms with Crippen molar-refractivity contribution in [2.75, 3.05) is 26.2 Å². The van der Waals surface area contributed by atoms with Crippen LogP contribution in [-0.4, -0.2) is 64.8 Å². The van der Waals surface area contributed by atoms with E-state index in [1.807, 2.05) is 12.1 Å². The topological polar surface area (TPSA) is 70.1 Å². The van der Waals surface area contributed by atoms with Crippen molar-refractivity contribution in [1.82, 2.24) is 9.80 Å². The van der Waals surface area contributed by atoms with Gasteiger partial charge in [0.15, 0.2) is 6.04 Å². The molecule has 2 saturated heterocycles. The number of nitrogens with zero attached hydrogens (tertiary/aromatic N) is 2. The summed E-state index contributed by atoms with van der Waals surface area (Å²) in [6, 6.07) is 6.58. The fourth-order valence-corrected chi connectivity index (χ4v) is 4.25. The Bertz CT molecular complexity index is 715. The lowest BCUT2D eigenvalue weighted by molar-refractivity contribution is -0.143. The first-order valence-electron chi connectivity index (χ1n) is 10.2. The van der Waals surface area contributed by atoms with Crippen LogP contribution < -0.4 is 0 Å². The molecule has 0 saturated carbocycles. The standard InChI is InChI=1S/C22H32N2O4/c1-5-12-23-13-10-22(11-14-23)24(18(15-28-22)20(26)27)19(25)16-6-8-17(9-7-16)21(2,3)4/h6-9,18H,5,10-15H2,1-4H3,(H,26,27). The Morgan fingerprint density at radius 3 is 2.29 bits per heavy atom. The van der Waals surface area contributed by atoms with Gasteiger partial charge in [-0.1, -0.05) is 39.8 Å². The normalized spacial score (nSPS) is 22.6. The lowest BCUT2D eigenvalue weighted by atomic mass is 9.86. The first kappa shape index (κ1) is 20.8. The summed E-state index contributed by atoms with van der Waals surface area (Å²) in [6.07, 6.45) is 2.36. The van der Waals surface area contributed by atoms with E-state index in [0.717, 1.165) is 31.6 Å². The second-order valence-electron chi connectivity index (χ2n) is 8.96. The van der Waals surface area contributed by atoms with Crippen molar-refractivity contribution in [1.29, 1.82) is 0 Å². The van der Waals surface area contributed by atoms with Crippen molar-refractivity contribution in [2.24, 2.45) is 0 Å². The molecule has 28 heavy (non-hydrogen) atoms. The van der Waals surface area contributed by atoms with E-state index in [9.17, 15) is 14.7 Å². The van der Waals surface area contributed by atoms with Gasteiger partial charge in [-0.05, 0) is 36.1 Å². The summed E-state index contributed by atoms with van der Waals surface area (Å²) in [5.74, 6) is -1.26. The van der Waals surface area contributed by atoms with Gasteiger partial charge in [-0.15, -0.1) is 0 Å². The molecule has 1 unspecified atom stereocenters. The smallest absolute Gasteiger partial charge is 0.328 e. The van der Waals surface area contributed by atoms with Crippen LogP contribution in [0.25, 0.3) is 0 Å². The number of carboxylic acids is 1. The van der Waals surface area contributed by atoms with Gasteiger partial charge in [0.25, 0.3) is 5.91 Å². The molecule has 6 nitrogen and oxygen atoms in total. The van der Waals surface area contributed by atoms with E-state index in [2.05, 4.69) is 32.6 Å². The van der Waals surface area contributed by atoms with Gasteiger partial charge < -0.3 is 14.7 Å². The minimum absolute atomic E-state index is 0.00470. The highest BCUT2D eigenvalue weighted by atomic mass is 16.5. The van der Waals surface area contributed by atoms with E-state index in [0.29, 0.717) is 18.4 Å². The molecule has 0 radical (unpaired) electrons. The number of hydrogen-bond acceptors (Lipinski definition) is 4. The maximum atomic E-state index is 13.4. The van der Waals surface area contributed by atoms with Crippen molar-refractivity contribution < 1.29 is 19.4 Å². The maximum Gasteiger partial charge on any atom is 0.328 e. The average Bonchev–Trinajstić information content (AvgIpc) is 3.02. The molecule has 1 aromatic carbocycles. The summed E-state index contributed by atoms with van der Waals surface area (Å²) in [4.78, 5) is 29.1. The number of amides is 1. The highest BCUT2D eigenvalue weighted by Crippen LogP contribution is 2.38. The van der Waals surface area contributed by atoms with Crippen LogP contribution in [0.1, 0.15) is 62.9 Å². The highest BCUT2D eigenvalue weighted by Gasteiger charge is 2.53. The molecular weight excluding hydrogens is 356 g/mol. The van der Waals surface area contributed by atoms with Gasteiger partial charge in [0.1, 0.15) is 5.72 Å². The number of aliphatic carboxylic acids is 1. The fraction of sp³-hybridized carbons (Fsp3) is 0.636. The van der Waals surface area contributed by atoms with Gasteiger partial charge in [-0.25, -0.2) is 4.79 Å². The molecule has 0 aromatic heterocycles. The lowest BCUT2D eigenvalue weighted by Gasteiger charge is -2.44. The van der Waals surface area contributed by atoms with Gasteiger partial charge in [-0.3, -0.25) is 9.69 Å². The summed E-state index contributed by atoms with van der Waals surface area (Å²) in [7, 11) is 0. The number of rotatable bonds is 4. The Kier molecular flexibility index (Phi) is 5.82.